The molecule has 0 fully saturated rings. The number of aldehydes is 1. The number of carbonyl (C=O) groups excluding carboxylic acids is 1. The maximum Gasteiger partial charge on any atom is 0.416 e. The van der Waals surface area contributed by atoms with Crippen LogP contribution in [0.15, 0.2) is 47.6 Å². The van der Waals surface area contributed by atoms with Crippen LogP contribution in [0, 0.1) is 11.7 Å². The Morgan fingerprint density at radius 1 is 1.26 bits per heavy atom. The van der Waals surface area contributed by atoms with Crippen molar-refractivity contribution in [2.75, 3.05) is 20.2 Å². The molecule has 2 atom stereocenters. The van der Waals surface area contributed by atoms with Gasteiger partial charge in [0.1, 0.15) is 27.8 Å². The highest BCUT2D eigenvalue weighted by Gasteiger charge is 2.53. The molecule has 0 saturated carbocycles. The number of ether oxygens (including phenoxy) is 1. The Balaban J connectivity index is 0.000000758. The fourth-order valence-corrected chi connectivity index (χ4v) is 5.42. The van der Waals surface area contributed by atoms with Crippen LogP contribution in [0.5, 0.6) is 5.75 Å². The average molecular weight is 500 g/mol. The van der Waals surface area contributed by atoms with Gasteiger partial charge in [0, 0.05) is 24.1 Å². The van der Waals surface area contributed by atoms with Crippen LogP contribution < -0.4 is 10.5 Å². The molecule has 2 unspecified atom stereocenters. The number of carbonyl (C=O) groups is 1. The highest BCUT2D eigenvalue weighted by molar-refractivity contribution is 8.15. The van der Waals surface area contributed by atoms with E-state index in [1.807, 2.05) is 38.1 Å². The zero-order valence-corrected chi connectivity index (χ0v) is 20.3. The van der Waals surface area contributed by atoms with Crippen molar-refractivity contribution in [2.24, 2.45) is 16.8 Å². The number of benzene rings is 2. The minimum atomic E-state index is -4.57. The van der Waals surface area contributed by atoms with Gasteiger partial charge >= 0.3 is 6.18 Å². The van der Waals surface area contributed by atoms with Crippen molar-refractivity contribution in [1.29, 1.82) is 0 Å². The number of nitrogens with two attached hydrogens (primary N) is 1. The zero-order valence-electron chi connectivity index (χ0n) is 19.5. The molecule has 0 amide bonds. The lowest BCUT2D eigenvalue weighted by Gasteiger charge is -2.45. The molecule has 1 spiro atoms. The Hall–Kier alpha value is -2.59. The van der Waals surface area contributed by atoms with Crippen molar-refractivity contribution in [3.63, 3.8) is 0 Å². The molecule has 2 heterocycles. The molecule has 2 aliphatic rings. The Labute approximate surface area is 201 Å². The summed E-state index contributed by atoms with van der Waals surface area (Å²) in [5.41, 5.74) is 5.58. The van der Waals surface area contributed by atoms with Crippen LogP contribution in [0.2, 0.25) is 0 Å². The summed E-state index contributed by atoms with van der Waals surface area (Å²) in [6.45, 7) is 6.25. The number of hydrazone groups is 1. The molecule has 4 rings (SSSR count). The summed E-state index contributed by atoms with van der Waals surface area (Å²) in [6, 6.07) is 9.85. The summed E-state index contributed by atoms with van der Waals surface area (Å²) < 4.78 is 59.9. The highest BCUT2D eigenvalue weighted by Crippen LogP contribution is 2.56. The van der Waals surface area contributed by atoms with Gasteiger partial charge in [-0.25, -0.2) is 4.39 Å². The van der Waals surface area contributed by atoms with E-state index in [-0.39, 0.29) is 16.5 Å². The Morgan fingerprint density at radius 2 is 1.91 bits per heavy atom. The van der Waals surface area contributed by atoms with Gasteiger partial charge in [0.05, 0.1) is 12.2 Å². The molecule has 2 aromatic rings. The SMILES string of the molecule is CC.CC=O.CN1N=C(c2cc(C(F)(F)F)ccc2F)SC12c1ccccc1OCC2CCN. The first-order valence-electron chi connectivity index (χ1n) is 10.9. The first kappa shape index (κ1) is 27.7. The van der Waals surface area contributed by atoms with Crippen LogP contribution in [0.3, 0.4) is 0 Å². The van der Waals surface area contributed by atoms with Gasteiger partial charge in [0.15, 0.2) is 0 Å². The smallest absolute Gasteiger partial charge is 0.416 e. The summed E-state index contributed by atoms with van der Waals surface area (Å²) in [5, 5.41) is 6.37. The zero-order chi connectivity index (χ0) is 25.5. The fourth-order valence-electron chi connectivity index (χ4n) is 3.89. The van der Waals surface area contributed by atoms with Gasteiger partial charge < -0.3 is 15.3 Å². The number of hydrogen-bond acceptors (Lipinski definition) is 6. The molecule has 0 aliphatic carbocycles. The molecule has 2 aliphatic heterocycles. The largest absolute Gasteiger partial charge is 0.493 e. The highest BCUT2D eigenvalue weighted by atomic mass is 32.2. The minimum absolute atomic E-state index is 0.0764. The van der Waals surface area contributed by atoms with E-state index >= 15 is 0 Å². The minimum Gasteiger partial charge on any atom is -0.493 e. The molecule has 10 heteroatoms. The van der Waals surface area contributed by atoms with Crippen LogP contribution in [-0.2, 0) is 15.8 Å². The maximum atomic E-state index is 14.5. The molecular weight excluding hydrogens is 470 g/mol. The van der Waals surface area contributed by atoms with E-state index in [2.05, 4.69) is 5.10 Å². The van der Waals surface area contributed by atoms with Crippen molar-refractivity contribution in [1.82, 2.24) is 5.01 Å². The van der Waals surface area contributed by atoms with Crippen LogP contribution >= 0.6 is 11.8 Å². The summed E-state index contributed by atoms with van der Waals surface area (Å²) in [5.74, 6) is -0.140. The topological polar surface area (TPSA) is 67.9 Å². The molecule has 0 saturated heterocycles. The van der Waals surface area contributed by atoms with Crippen LogP contribution in [0.1, 0.15) is 43.9 Å². The van der Waals surface area contributed by atoms with Gasteiger partial charge in [-0.1, -0.05) is 43.8 Å². The first-order chi connectivity index (χ1) is 16.2. The third-order valence-electron chi connectivity index (χ3n) is 5.28. The van der Waals surface area contributed by atoms with Gasteiger partial charge in [-0.3, -0.25) is 5.01 Å². The van der Waals surface area contributed by atoms with Crippen molar-refractivity contribution < 1.29 is 27.1 Å². The van der Waals surface area contributed by atoms with Crippen LogP contribution in [-0.4, -0.2) is 36.5 Å². The van der Waals surface area contributed by atoms with Crippen molar-refractivity contribution in [3.8, 4) is 5.75 Å². The normalized spacial score (nSPS) is 20.8. The van der Waals surface area contributed by atoms with Gasteiger partial charge in [-0.2, -0.15) is 18.3 Å². The van der Waals surface area contributed by atoms with Gasteiger partial charge in [0.25, 0.3) is 0 Å². The molecule has 0 radical (unpaired) electrons. The van der Waals surface area contributed by atoms with E-state index in [1.54, 1.807) is 12.1 Å². The van der Waals surface area contributed by atoms with E-state index in [4.69, 9.17) is 15.3 Å². The average Bonchev–Trinajstić information content (AvgIpc) is 3.15. The van der Waals surface area contributed by atoms with Crippen molar-refractivity contribution in [3.05, 3.63) is 65.0 Å². The number of halogens is 4. The number of alkyl halides is 3. The first-order valence-corrected chi connectivity index (χ1v) is 11.7. The van der Waals surface area contributed by atoms with Crippen LogP contribution in [0.25, 0.3) is 0 Å². The number of hydrogen-bond donors (Lipinski definition) is 1. The lowest BCUT2D eigenvalue weighted by atomic mass is 9.87. The molecular formula is C24H29F4N3O2S. The number of nitrogens with zero attached hydrogens (tertiary/aromatic N) is 2. The third-order valence-corrected chi connectivity index (χ3v) is 6.90. The van der Waals surface area contributed by atoms with Crippen LogP contribution in [0.4, 0.5) is 17.6 Å². The summed E-state index contributed by atoms with van der Waals surface area (Å²) in [6.07, 6.45) is -3.19. The lowest BCUT2D eigenvalue weighted by molar-refractivity contribution is -0.137. The van der Waals surface area contributed by atoms with E-state index in [0.717, 1.165) is 30.0 Å². The van der Waals surface area contributed by atoms with Gasteiger partial charge in [-0.15, -0.1) is 0 Å². The molecule has 0 bridgehead atoms. The Bertz CT molecular complexity index is 1020. The second-order valence-electron chi connectivity index (χ2n) is 7.24. The predicted octanol–water partition coefficient (Wildman–Crippen LogP) is 5.63. The second kappa shape index (κ2) is 11.7. The van der Waals surface area contributed by atoms with E-state index in [9.17, 15) is 17.6 Å². The third kappa shape index (κ3) is 5.38. The number of rotatable bonds is 3. The Morgan fingerprint density at radius 3 is 2.53 bits per heavy atom. The van der Waals surface area contributed by atoms with E-state index in [1.165, 1.54) is 18.7 Å². The molecule has 2 aromatic carbocycles. The number of para-hydroxylation sites is 1. The monoisotopic (exact) mass is 499 g/mol. The van der Waals surface area contributed by atoms with Gasteiger partial charge in [-0.05, 0) is 44.2 Å². The summed E-state index contributed by atoms with van der Waals surface area (Å²) >= 11 is 1.25. The van der Waals surface area contributed by atoms with E-state index < -0.39 is 22.4 Å². The second-order valence-corrected chi connectivity index (χ2v) is 8.45. The summed E-state index contributed by atoms with van der Waals surface area (Å²) in [7, 11) is 1.75. The van der Waals surface area contributed by atoms with E-state index in [0.29, 0.717) is 25.3 Å². The molecule has 5 nitrogen and oxygen atoms in total. The maximum absolute atomic E-state index is 14.5. The quantitative estimate of drug-likeness (QED) is 0.438. The Kier molecular flexibility index (Phi) is 9.52. The molecule has 34 heavy (non-hydrogen) atoms. The number of thioether (sulfide) groups is 1. The van der Waals surface area contributed by atoms with Crippen molar-refractivity contribution >= 4 is 23.1 Å². The fraction of sp³-hybridized carbons (Fsp3) is 0.417. The molecule has 186 valence electrons. The van der Waals surface area contributed by atoms with Crippen molar-refractivity contribution in [2.45, 2.75) is 38.2 Å². The summed E-state index contributed by atoms with van der Waals surface area (Å²) in [4.78, 5) is 8.07. The predicted molar refractivity (Wildman–Crippen MR) is 127 cm³/mol. The lowest BCUT2D eigenvalue weighted by Crippen LogP contribution is -2.48. The number of fused-ring (bicyclic) bond motifs is 2. The van der Waals surface area contributed by atoms with Gasteiger partial charge in [0.2, 0.25) is 0 Å². The standard InChI is InChI=1S/C20H19F4N3OS.C2H4O.C2H6/c1-27-19(13(8-9-25)11-28-17-5-3-2-4-15(17)19)29-18(26-27)14-10-12(20(22,23)24)6-7-16(14)21;1-2-3;1-2/h2-7,10,13H,8-9,11,25H2,1H3;2H,1H3;1-2H3. The molecule has 0 aromatic heterocycles. The molecule has 2 N–H and O–H groups in total.